The Balaban J connectivity index is 1.98. The summed E-state index contributed by atoms with van der Waals surface area (Å²) in [4.78, 5) is 0. The molecule has 1 aliphatic heterocycles. The lowest BCUT2D eigenvalue weighted by molar-refractivity contribution is 0.826. The number of rotatable bonds is 2. The Morgan fingerprint density at radius 2 is 1.24 bits per heavy atom. The van der Waals surface area contributed by atoms with Gasteiger partial charge in [-0.05, 0) is 24.3 Å². The van der Waals surface area contributed by atoms with Gasteiger partial charge >= 0.3 is 0 Å². The first kappa shape index (κ1) is 14.2. The fourth-order valence-electron chi connectivity index (χ4n) is 1.88. The highest BCUT2D eigenvalue weighted by molar-refractivity contribution is 6.40. The maximum absolute atomic E-state index is 6.14. The second-order valence-corrected chi connectivity index (χ2v) is 5.45. The molecular weight excluding hydrogens is 331 g/mol. The Kier molecular flexibility index (Phi) is 4.01. The summed E-state index contributed by atoms with van der Waals surface area (Å²) in [6.45, 7) is 0. The van der Waals surface area contributed by atoms with Gasteiger partial charge in [-0.25, -0.2) is 0 Å². The molecule has 4 nitrogen and oxygen atoms in total. The Morgan fingerprint density at radius 1 is 0.667 bits per heavy atom. The van der Waals surface area contributed by atoms with E-state index in [2.05, 4.69) is 21.1 Å². The number of nitrogens with one attached hydrogen (secondary N) is 2. The summed E-state index contributed by atoms with van der Waals surface area (Å²) < 4.78 is 0. The van der Waals surface area contributed by atoms with Crippen molar-refractivity contribution in [3.05, 3.63) is 68.7 Å². The molecule has 0 fully saturated rings. The van der Waals surface area contributed by atoms with Crippen molar-refractivity contribution in [2.45, 2.75) is 0 Å². The zero-order chi connectivity index (χ0) is 14.8. The number of hydrazine groups is 1. The van der Waals surface area contributed by atoms with Gasteiger partial charge in [-0.2, -0.15) is 0 Å². The van der Waals surface area contributed by atoms with Crippen LogP contribution in [0.2, 0.25) is 15.1 Å². The molecule has 7 heteroatoms. The van der Waals surface area contributed by atoms with Gasteiger partial charge in [0.05, 0.1) is 20.6 Å². The lowest BCUT2D eigenvalue weighted by Crippen LogP contribution is -2.45. The number of amidine groups is 2. The van der Waals surface area contributed by atoms with Crippen molar-refractivity contribution in [2.24, 2.45) is 10.2 Å². The van der Waals surface area contributed by atoms with E-state index < -0.39 is 0 Å². The van der Waals surface area contributed by atoms with Crippen molar-refractivity contribution >= 4 is 46.5 Å². The summed E-state index contributed by atoms with van der Waals surface area (Å²) in [6, 6.07) is 12.6. The van der Waals surface area contributed by atoms with Crippen LogP contribution in [-0.4, -0.2) is 11.7 Å². The Bertz CT molecular complexity index is 735. The zero-order valence-corrected chi connectivity index (χ0v) is 12.8. The first-order chi connectivity index (χ1) is 10.2. The third-order valence-corrected chi connectivity index (χ3v) is 3.84. The van der Waals surface area contributed by atoms with Gasteiger partial charge in [-0.1, -0.05) is 53.0 Å². The van der Waals surface area contributed by atoms with Crippen molar-refractivity contribution in [1.82, 2.24) is 10.9 Å². The number of hydrogen-bond donors (Lipinski definition) is 2. The molecule has 0 bridgehead atoms. The molecule has 3 rings (SSSR count). The topological polar surface area (TPSA) is 48.8 Å². The molecule has 0 saturated heterocycles. The van der Waals surface area contributed by atoms with Crippen LogP contribution < -0.4 is 10.9 Å². The van der Waals surface area contributed by atoms with E-state index in [0.717, 1.165) is 5.56 Å². The molecule has 1 heterocycles. The van der Waals surface area contributed by atoms with E-state index in [1.165, 1.54) is 0 Å². The van der Waals surface area contributed by atoms with Crippen LogP contribution in [0.1, 0.15) is 11.1 Å². The first-order valence-corrected chi connectivity index (χ1v) is 7.17. The lowest BCUT2D eigenvalue weighted by Gasteiger charge is -2.18. The average molecular weight is 340 g/mol. The van der Waals surface area contributed by atoms with Gasteiger partial charge in [-0.15, -0.1) is 10.2 Å². The van der Waals surface area contributed by atoms with E-state index in [4.69, 9.17) is 34.8 Å². The monoisotopic (exact) mass is 338 g/mol. The van der Waals surface area contributed by atoms with E-state index in [1.807, 2.05) is 18.2 Å². The van der Waals surface area contributed by atoms with E-state index >= 15 is 0 Å². The molecule has 0 amide bonds. The van der Waals surface area contributed by atoms with Gasteiger partial charge in [0.15, 0.2) is 11.7 Å². The first-order valence-electron chi connectivity index (χ1n) is 6.04. The standard InChI is InChI=1S/C14H9Cl3N4/c15-9-5-2-1-4-8(9)13-18-20-14(21-19-13)12-10(16)6-3-7-11(12)17/h1-7H,(H,18,19)(H,20,21). The largest absolute Gasteiger partial charge is 0.281 e. The minimum Gasteiger partial charge on any atom is -0.281 e. The van der Waals surface area contributed by atoms with Gasteiger partial charge < -0.3 is 0 Å². The van der Waals surface area contributed by atoms with Crippen LogP contribution in [0, 0.1) is 0 Å². The van der Waals surface area contributed by atoms with Gasteiger partial charge in [0.1, 0.15) is 0 Å². The van der Waals surface area contributed by atoms with Crippen molar-refractivity contribution < 1.29 is 0 Å². The third kappa shape index (κ3) is 2.83. The highest BCUT2D eigenvalue weighted by Gasteiger charge is 2.17. The molecule has 0 radical (unpaired) electrons. The smallest absolute Gasteiger partial charge is 0.177 e. The molecule has 0 unspecified atom stereocenters. The molecule has 106 valence electrons. The van der Waals surface area contributed by atoms with E-state index in [0.29, 0.717) is 32.3 Å². The summed E-state index contributed by atoms with van der Waals surface area (Å²) in [7, 11) is 0. The van der Waals surface area contributed by atoms with Gasteiger partial charge in [0.2, 0.25) is 0 Å². The minimum absolute atomic E-state index is 0.446. The summed E-state index contributed by atoms with van der Waals surface area (Å²) in [5.41, 5.74) is 7.22. The summed E-state index contributed by atoms with van der Waals surface area (Å²) in [5, 5.41) is 9.82. The highest BCUT2D eigenvalue weighted by Crippen LogP contribution is 2.25. The van der Waals surface area contributed by atoms with Crippen LogP contribution in [-0.2, 0) is 0 Å². The van der Waals surface area contributed by atoms with Crippen LogP contribution in [0.4, 0.5) is 0 Å². The number of hydrogen-bond acceptors (Lipinski definition) is 4. The van der Waals surface area contributed by atoms with Gasteiger partial charge in [0, 0.05) is 5.56 Å². The maximum atomic E-state index is 6.14. The van der Waals surface area contributed by atoms with Crippen LogP contribution in [0.5, 0.6) is 0 Å². The molecular formula is C14H9Cl3N4. The average Bonchev–Trinajstić information content (AvgIpc) is 2.48. The van der Waals surface area contributed by atoms with Crippen molar-refractivity contribution in [2.75, 3.05) is 0 Å². The Morgan fingerprint density at radius 3 is 1.86 bits per heavy atom. The summed E-state index contributed by atoms with van der Waals surface area (Å²) in [5.74, 6) is 0.967. The van der Waals surface area contributed by atoms with Gasteiger partial charge in [0.25, 0.3) is 0 Å². The Labute approximate surface area is 136 Å². The maximum Gasteiger partial charge on any atom is 0.177 e. The van der Waals surface area contributed by atoms with Crippen molar-refractivity contribution in [3.63, 3.8) is 0 Å². The van der Waals surface area contributed by atoms with Crippen molar-refractivity contribution in [3.8, 4) is 0 Å². The second kappa shape index (κ2) is 5.93. The highest BCUT2D eigenvalue weighted by atomic mass is 35.5. The zero-order valence-electron chi connectivity index (χ0n) is 10.6. The molecule has 1 aliphatic rings. The van der Waals surface area contributed by atoms with E-state index in [9.17, 15) is 0 Å². The molecule has 0 aliphatic carbocycles. The van der Waals surface area contributed by atoms with Crippen molar-refractivity contribution in [1.29, 1.82) is 0 Å². The summed E-state index contributed by atoms with van der Waals surface area (Å²) >= 11 is 18.4. The summed E-state index contributed by atoms with van der Waals surface area (Å²) in [6.07, 6.45) is 0. The van der Waals surface area contributed by atoms with Crippen LogP contribution >= 0.6 is 34.8 Å². The number of benzene rings is 2. The molecule has 2 aromatic carbocycles. The minimum atomic E-state index is 0.446. The fraction of sp³-hybridized carbons (Fsp3) is 0. The normalized spacial score (nSPS) is 13.9. The van der Waals surface area contributed by atoms with Crippen LogP contribution in [0.15, 0.2) is 52.7 Å². The predicted molar refractivity (Wildman–Crippen MR) is 87.3 cm³/mol. The molecule has 0 aromatic heterocycles. The molecule has 0 spiro atoms. The molecule has 0 saturated carbocycles. The fourth-order valence-corrected chi connectivity index (χ4v) is 2.68. The number of halogens is 3. The van der Waals surface area contributed by atoms with Crippen LogP contribution in [0.3, 0.4) is 0 Å². The Hall–Kier alpha value is -1.75. The van der Waals surface area contributed by atoms with Gasteiger partial charge in [-0.3, -0.25) is 10.9 Å². The number of nitrogens with zero attached hydrogens (tertiary/aromatic N) is 2. The molecule has 0 atom stereocenters. The molecule has 21 heavy (non-hydrogen) atoms. The molecule has 2 N–H and O–H groups in total. The molecule has 2 aromatic rings. The third-order valence-electron chi connectivity index (χ3n) is 2.88. The lowest BCUT2D eigenvalue weighted by atomic mass is 10.2. The quantitative estimate of drug-likeness (QED) is 0.873. The SMILES string of the molecule is Clc1ccccc1C1=NN=C(c2c(Cl)cccc2Cl)NN1. The van der Waals surface area contributed by atoms with Crippen LogP contribution in [0.25, 0.3) is 0 Å². The predicted octanol–water partition coefficient (Wildman–Crippen LogP) is 3.86. The van der Waals surface area contributed by atoms with E-state index in [-0.39, 0.29) is 0 Å². The second-order valence-electron chi connectivity index (χ2n) is 4.22. The van der Waals surface area contributed by atoms with E-state index in [1.54, 1.807) is 24.3 Å².